The first-order chi connectivity index (χ1) is 11.3. The number of aromatic nitrogens is 1. The van der Waals surface area contributed by atoms with Gasteiger partial charge in [0.05, 0.1) is 5.52 Å². The maximum absolute atomic E-state index is 13.1. The second-order valence-corrected chi connectivity index (χ2v) is 6.01. The van der Waals surface area contributed by atoms with Crippen LogP contribution < -0.4 is 9.47 Å². The number of fused-ring (bicyclic) bond motifs is 4. The molecule has 4 nitrogen and oxygen atoms in total. The number of ether oxygens (including phenoxy) is 2. The Bertz CT molecular complexity index is 940. The minimum atomic E-state index is 0.0256. The van der Waals surface area contributed by atoms with Crippen LogP contribution in [0.4, 0.5) is 0 Å². The molecule has 3 aromatic rings. The molecule has 4 heteroatoms. The lowest BCUT2D eigenvalue weighted by Crippen LogP contribution is -2.14. The number of hydrogen-bond donors (Lipinski definition) is 0. The second-order valence-electron chi connectivity index (χ2n) is 6.01. The van der Waals surface area contributed by atoms with Crippen molar-refractivity contribution >= 4 is 16.8 Å². The van der Waals surface area contributed by atoms with Gasteiger partial charge in [0.15, 0.2) is 11.5 Å². The maximum Gasteiger partial charge on any atom is 0.262 e. The van der Waals surface area contributed by atoms with E-state index >= 15 is 0 Å². The lowest BCUT2D eigenvalue weighted by molar-refractivity contribution is 0.0962. The summed E-state index contributed by atoms with van der Waals surface area (Å²) in [5, 5.41) is 1.12. The summed E-state index contributed by atoms with van der Waals surface area (Å²) in [4.78, 5) is 13.1. The Hall–Kier alpha value is -2.75. The fraction of sp³-hybridized carbons (Fsp3) is 0.211. The molecule has 1 aliphatic carbocycles. The van der Waals surface area contributed by atoms with Crippen LogP contribution in [0, 0.1) is 0 Å². The lowest BCUT2D eigenvalue weighted by atomic mass is 10.1. The van der Waals surface area contributed by atoms with E-state index in [-0.39, 0.29) is 12.7 Å². The third kappa shape index (κ3) is 1.75. The van der Waals surface area contributed by atoms with Crippen LogP contribution in [-0.2, 0) is 12.8 Å². The molecule has 2 heterocycles. The monoisotopic (exact) mass is 305 g/mol. The van der Waals surface area contributed by atoms with Gasteiger partial charge >= 0.3 is 0 Å². The van der Waals surface area contributed by atoms with Gasteiger partial charge in [0.2, 0.25) is 6.79 Å². The van der Waals surface area contributed by atoms with Crippen molar-refractivity contribution in [1.82, 2.24) is 4.57 Å². The van der Waals surface area contributed by atoms with Crippen molar-refractivity contribution in [2.24, 2.45) is 0 Å². The predicted octanol–water partition coefficient (Wildman–Crippen LogP) is 3.55. The van der Waals surface area contributed by atoms with Gasteiger partial charge in [-0.15, -0.1) is 0 Å². The number of carbonyl (C=O) groups excluding carboxylic acids is 1. The fourth-order valence-electron chi connectivity index (χ4n) is 3.71. The first-order valence-corrected chi connectivity index (χ1v) is 7.88. The fourth-order valence-corrected chi connectivity index (χ4v) is 3.71. The van der Waals surface area contributed by atoms with Gasteiger partial charge in [-0.05, 0) is 43.0 Å². The highest BCUT2D eigenvalue weighted by Gasteiger charge is 2.27. The number of rotatable bonds is 1. The van der Waals surface area contributed by atoms with E-state index in [1.54, 1.807) is 0 Å². The molecule has 114 valence electrons. The summed E-state index contributed by atoms with van der Waals surface area (Å²) < 4.78 is 12.9. The molecule has 0 N–H and O–H groups in total. The van der Waals surface area contributed by atoms with E-state index in [1.165, 1.54) is 5.56 Å². The number of benzene rings is 2. The molecule has 0 radical (unpaired) electrons. The number of aryl methyl sites for hydroxylation is 1. The molecular formula is C19H15NO3. The second kappa shape index (κ2) is 4.62. The third-order valence-corrected chi connectivity index (χ3v) is 4.74. The van der Waals surface area contributed by atoms with Gasteiger partial charge in [0.1, 0.15) is 0 Å². The van der Waals surface area contributed by atoms with Gasteiger partial charge in [0.25, 0.3) is 5.91 Å². The van der Waals surface area contributed by atoms with E-state index in [1.807, 2.05) is 47.0 Å². The van der Waals surface area contributed by atoms with Gasteiger partial charge < -0.3 is 9.47 Å². The summed E-state index contributed by atoms with van der Waals surface area (Å²) in [6.45, 7) is 0.247. The Labute approximate surface area is 133 Å². The normalized spacial score (nSPS) is 15.1. The molecule has 2 aliphatic rings. The molecule has 5 rings (SSSR count). The van der Waals surface area contributed by atoms with Crippen LogP contribution >= 0.6 is 0 Å². The zero-order valence-corrected chi connectivity index (χ0v) is 12.5. The van der Waals surface area contributed by atoms with E-state index in [2.05, 4.69) is 0 Å². The van der Waals surface area contributed by atoms with E-state index < -0.39 is 0 Å². The molecule has 1 aromatic heterocycles. The topological polar surface area (TPSA) is 40.5 Å². The van der Waals surface area contributed by atoms with E-state index in [9.17, 15) is 4.79 Å². The van der Waals surface area contributed by atoms with Crippen molar-refractivity contribution in [3.63, 3.8) is 0 Å². The minimum Gasteiger partial charge on any atom is -0.454 e. The first-order valence-electron chi connectivity index (χ1n) is 7.88. The van der Waals surface area contributed by atoms with E-state index in [0.29, 0.717) is 5.56 Å². The summed E-state index contributed by atoms with van der Waals surface area (Å²) in [6, 6.07) is 13.4. The van der Waals surface area contributed by atoms with Crippen LogP contribution in [0.3, 0.4) is 0 Å². The number of hydrogen-bond acceptors (Lipinski definition) is 3. The van der Waals surface area contributed by atoms with Crippen LogP contribution in [0.2, 0.25) is 0 Å². The largest absolute Gasteiger partial charge is 0.454 e. The number of nitrogens with zero attached hydrogens (tertiary/aromatic N) is 1. The summed E-state index contributed by atoms with van der Waals surface area (Å²) in [6.07, 6.45) is 3.05. The van der Waals surface area contributed by atoms with Gasteiger partial charge in [0, 0.05) is 22.7 Å². The van der Waals surface area contributed by atoms with Crippen molar-refractivity contribution in [2.75, 3.05) is 6.79 Å². The molecule has 0 amide bonds. The quantitative estimate of drug-likeness (QED) is 0.690. The zero-order chi connectivity index (χ0) is 15.4. The molecule has 0 spiro atoms. The van der Waals surface area contributed by atoms with Crippen molar-refractivity contribution < 1.29 is 14.3 Å². The van der Waals surface area contributed by atoms with Gasteiger partial charge in [-0.3, -0.25) is 9.36 Å². The Kier molecular flexibility index (Phi) is 2.56. The summed E-state index contributed by atoms with van der Waals surface area (Å²) in [5.41, 5.74) is 4.05. The average Bonchev–Trinajstić information content (AvgIpc) is 3.28. The maximum atomic E-state index is 13.1. The highest BCUT2D eigenvalue weighted by molar-refractivity contribution is 6.05. The molecule has 2 aromatic carbocycles. The van der Waals surface area contributed by atoms with Crippen molar-refractivity contribution in [3.05, 3.63) is 59.3 Å². The van der Waals surface area contributed by atoms with Gasteiger partial charge in [-0.2, -0.15) is 0 Å². The molecule has 0 bridgehead atoms. The molecule has 1 aliphatic heterocycles. The Morgan fingerprint density at radius 1 is 1.00 bits per heavy atom. The average molecular weight is 305 g/mol. The van der Waals surface area contributed by atoms with Crippen molar-refractivity contribution in [2.45, 2.75) is 19.3 Å². The molecule has 0 atom stereocenters. The summed E-state index contributed by atoms with van der Waals surface area (Å²) in [5.74, 6) is 1.52. The first kappa shape index (κ1) is 12.8. The summed E-state index contributed by atoms with van der Waals surface area (Å²) in [7, 11) is 0. The molecule has 0 fully saturated rings. The van der Waals surface area contributed by atoms with Crippen LogP contribution in [0.15, 0.2) is 42.5 Å². The van der Waals surface area contributed by atoms with Crippen LogP contribution in [0.1, 0.15) is 28.0 Å². The Morgan fingerprint density at radius 3 is 2.61 bits per heavy atom. The standard InChI is InChI=1S/C19H15NO3/c21-19(12-5-2-1-3-6-12)20-15-8-4-7-13(15)14-9-17-18(10-16(14)20)23-11-22-17/h1-3,5-6,9-10H,4,7-8,11H2. The summed E-state index contributed by atoms with van der Waals surface area (Å²) >= 11 is 0. The predicted molar refractivity (Wildman–Crippen MR) is 86.3 cm³/mol. The van der Waals surface area contributed by atoms with Gasteiger partial charge in [-0.25, -0.2) is 0 Å². The van der Waals surface area contributed by atoms with Crippen LogP contribution in [-0.4, -0.2) is 17.3 Å². The Balaban J connectivity index is 1.79. The molecular weight excluding hydrogens is 290 g/mol. The molecule has 0 unspecified atom stereocenters. The number of carbonyl (C=O) groups is 1. The third-order valence-electron chi connectivity index (χ3n) is 4.74. The Morgan fingerprint density at radius 2 is 1.78 bits per heavy atom. The zero-order valence-electron chi connectivity index (χ0n) is 12.5. The smallest absolute Gasteiger partial charge is 0.262 e. The molecule has 23 heavy (non-hydrogen) atoms. The van der Waals surface area contributed by atoms with E-state index in [0.717, 1.165) is 47.4 Å². The SMILES string of the molecule is O=C(c1ccccc1)n1c2c(c3cc4c(cc31)OCO4)CCC2. The lowest BCUT2D eigenvalue weighted by Gasteiger charge is -2.08. The molecule has 0 saturated heterocycles. The highest BCUT2D eigenvalue weighted by atomic mass is 16.7. The molecule has 0 saturated carbocycles. The van der Waals surface area contributed by atoms with E-state index in [4.69, 9.17) is 9.47 Å². The van der Waals surface area contributed by atoms with Crippen LogP contribution in [0.5, 0.6) is 11.5 Å². The van der Waals surface area contributed by atoms with Gasteiger partial charge in [-0.1, -0.05) is 18.2 Å². The van der Waals surface area contributed by atoms with Crippen molar-refractivity contribution in [3.8, 4) is 11.5 Å². The highest BCUT2D eigenvalue weighted by Crippen LogP contribution is 2.41. The van der Waals surface area contributed by atoms with Crippen LogP contribution in [0.25, 0.3) is 10.9 Å². The minimum absolute atomic E-state index is 0.0256. The van der Waals surface area contributed by atoms with Crippen molar-refractivity contribution in [1.29, 1.82) is 0 Å².